The molecule has 3 amide bonds. The van der Waals surface area contributed by atoms with Gasteiger partial charge in [-0.25, -0.2) is 25.3 Å². The van der Waals surface area contributed by atoms with Gasteiger partial charge < -0.3 is 17.2 Å². The van der Waals surface area contributed by atoms with Crippen molar-refractivity contribution in [3.63, 3.8) is 0 Å². The van der Waals surface area contributed by atoms with Crippen LogP contribution < -0.4 is 31.4 Å². The van der Waals surface area contributed by atoms with Gasteiger partial charge in [-0.2, -0.15) is 53.7 Å². The van der Waals surface area contributed by atoms with Crippen LogP contribution in [0.1, 0.15) is 174 Å². The van der Waals surface area contributed by atoms with Crippen molar-refractivity contribution in [3.05, 3.63) is 93.5 Å². The van der Waals surface area contributed by atoms with Crippen LogP contribution in [0, 0.1) is 97.4 Å². The van der Waals surface area contributed by atoms with Crippen molar-refractivity contribution in [1.29, 1.82) is 0 Å². The molecule has 21 nitrogen and oxygen atoms in total. The smallest absolute Gasteiger partial charge is 0.369 e. The van der Waals surface area contributed by atoms with Gasteiger partial charge in [0.1, 0.15) is 0 Å². The van der Waals surface area contributed by atoms with E-state index in [4.69, 9.17) is 17.2 Å². The molecule has 12 aliphatic carbocycles. The lowest BCUT2D eigenvalue weighted by Gasteiger charge is -2.59. The summed E-state index contributed by atoms with van der Waals surface area (Å²) in [5.41, 5.74) is 5.79. The number of Topliss-reactive ketones (excluding diaryl/α,β-unsaturated/α-hetero) is 3. The first-order valence-corrected chi connectivity index (χ1v) is 38.5. The molecule has 6 unspecified atom stereocenters. The summed E-state index contributed by atoms with van der Waals surface area (Å²) in [5.74, 6) is 0.0943. The minimum atomic E-state index is -5.25. The van der Waals surface area contributed by atoms with E-state index >= 15 is 0 Å². The highest BCUT2D eigenvalue weighted by atomic mass is 32.2. The minimum Gasteiger partial charge on any atom is -0.369 e. The van der Waals surface area contributed by atoms with Crippen LogP contribution in [0.2, 0.25) is 0 Å². The SMILES string of the molecule is CC(C)(NS(=O)(=O)c1cc(C(F)(F)F)ccc1C(F)(F)F)C(=O)CC1C2CC3CC1CC(C(N)=O)(C3)C2.CC(C)(NS(=O)(=O)c1cccc([N+](=O)[O-])c1)C(=O)CC1C2CC3CC1CC(C(N)=O)(C3)C2.CC(C)(NS(=O)(=O)c1ccccc1C(F)(F)F)C(=O)CC1C2CC3CC1CC(C(N)=O)(C3)C2. The van der Waals surface area contributed by atoms with Crippen molar-refractivity contribution in [2.75, 3.05) is 0 Å². The second-order valence-corrected chi connectivity index (χ2v) is 37.3. The van der Waals surface area contributed by atoms with Gasteiger partial charge in [-0.1, -0.05) is 18.2 Å². The van der Waals surface area contributed by atoms with Gasteiger partial charge in [0, 0.05) is 47.6 Å². The molecular weight excluding hydrogens is 1420 g/mol. The number of sulfonamides is 3. The van der Waals surface area contributed by atoms with Gasteiger partial charge in [-0.05, 0) is 245 Å². The third-order valence-corrected chi connectivity index (χ3v) is 29.3. The predicted octanol–water partition coefficient (Wildman–Crippen LogP) is 10.9. The molecule has 3 aromatic rings. The number of hydrogen-bond acceptors (Lipinski definition) is 14. The topological polar surface area (TPSA) is 362 Å². The quantitative estimate of drug-likeness (QED) is 0.0309. The Kier molecular flexibility index (Phi) is 20.6. The Labute approximate surface area is 585 Å². The molecule has 12 bridgehead atoms. The summed E-state index contributed by atoms with van der Waals surface area (Å²) in [6.45, 7) is 8.15. The molecule has 9 N–H and O–H groups in total. The van der Waals surface area contributed by atoms with Gasteiger partial charge in [0.25, 0.3) is 5.69 Å². The molecule has 12 saturated carbocycles. The maximum Gasteiger partial charge on any atom is 0.417 e. The summed E-state index contributed by atoms with van der Waals surface area (Å²) in [4.78, 5) is 83.7. The Morgan fingerprint density at radius 3 is 1.09 bits per heavy atom. The van der Waals surface area contributed by atoms with E-state index in [-0.39, 0.29) is 131 Å². The van der Waals surface area contributed by atoms with Crippen molar-refractivity contribution in [1.82, 2.24) is 14.2 Å². The average molecular weight is 1500 g/mol. The van der Waals surface area contributed by atoms with Crippen molar-refractivity contribution < 1.29 is 98.5 Å². The fraction of sp³-hybridized carbons (Fsp3) is 0.652. The molecule has 33 heteroatoms. The second-order valence-electron chi connectivity index (χ2n) is 32.4. The van der Waals surface area contributed by atoms with Gasteiger partial charge in [-0.3, -0.25) is 38.9 Å². The Hall–Kier alpha value is -6.42. The zero-order valence-corrected chi connectivity index (χ0v) is 59.5. The molecule has 0 aromatic heterocycles. The van der Waals surface area contributed by atoms with E-state index in [0.29, 0.717) is 62.3 Å². The van der Waals surface area contributed by atoms with Crippen molar-refractivity contribution >= 4 is 70.8 Å². The summed E-state index contributed by atoms with van der Waals surface area (Å²) in [5, 5.41) is 11.0. The lowest BCUT2D eigenvalue weighted by Crippen LogP contribution is -2.57. The zero-order valence-electron chi connectivity index (χ0n) is 57.0. The van der Waals surface area contributed by atoms with E-state index in [1.165, 1.54) is 65.8 Å². The highest BCUT2D eigenvalue weighted by Crippen LogP contribution is 2.66. The number of hydrogen-bond donors (Lipinski definition) is 6. The molecule has 0 heterocycles. The van der Waals surface area contributed by atoms with Crippen LogP contribution in [0.5, 0.6) is 0 Å². The van der Waals surface area contributed by atoms with Crippen LogP contribution in [-0.2, 0) is 77.4 Å². The van der Waals surface area contributed by atoms with E-state index in [9.17, 15) is 104 Å². The average Bonchev–Trinajstić information content (AvgIpc) is 0.735. The maximum atomic E-state index is 13.5. The van der Waals surface area contributed by atoms with E-state index in [2.05, 4.69) is 9.44 Å². The largest absolute Gasteiger partial charge is 0.417 e. The molecule has 0 saturated heterocycles. The lowest BCUT2D eigenvalue weighted by molar-refractivity contribution is -0.385. The van der Waals surface area contributed by atoms with Gasteiger partial charge in [0.15, 0.2) is 17.3 Å². The first-order chi connectivity index (χ1) is 46.7. The molecule has 0 aliphatic heterocycles. The molecule has 12 aliphatic rings. The normalized spacial score (nSPS) is 30.9. The fourth-order valence-corrected chi connectivity index (χ4v) is 24.6. The maximum absolute atomic E-state index is 13.5. The Balaban J connectivity index is 0.000000165. The van der Waals surface area contributed by atoms with Crippen LogP contribution in [-0.4, -0.2) is 81.9 Å². The monoisotopic (exact) mass is 1500 g/mol. The first kappa shape index (κ1) is 78.2. The number of amides is 3. The van der Waals surface area contributed by atoms with Crippen LogP contribution in [0.25, 0.3) is 0 Å². The number of benzene rings is 3. The number of nitro benzene ring substituents is 1. The number of nitrogens with two attached hydrogens (primary N) is 3. The number of alkyl halides is 9. The van der Waals surface area contributed by atoms with Gasteiger partial charge in [0.2, 0.25) is 47.8 Å². The molecule has 102 heavy (non-hydrogen) atoms. The number of ketones is 3. The van der Waals surface area contributed by atoms with Gasteiger partial charge in [-0.15, -0.1) is 0 Å². The first-order valence-electron chi connectivity index (χ1n) is 34.0. The number of primary amides is 3. The Morgan fingerprint density at radius 2 is 0.765 bits per heavy atom. The van der Waals surface area contributed by atoms with Gasteiger partial charge >= 0.3 is 18.5 Å². The van der Waals surface area contributed by atoms with E-state index in [1.807, 2.05) is 4.72 Å². The molecule has 0 radical (unpaired) electrons. The Bertz CT molecular complexity index is 4190. The molecular formula is C69H86F9N7O14S3. The molecule has 6 atom stereocenters. The summed E-state index contributed by atoms with van der Waals surface area (Å²) in [7, 11) is -13.9. The van der Waals surface area contributed by atoms with E-state index in [0.717, 1.165) is 76.0 Å². The standard InChI is InChI=1S/C24H28F6N2O4S.C23H29F3N2O4S.C22H29N3O6S/c1-21(2,19(33)8-16-13-5-12-6-14(16)11-22(9-12,10-13)20(31)34)32-37(35,36)18-7-15(23(25,26)27)3-4-17(18)24(28,29)30;1-21(2,28-33(31,32)18-6-4-3-5-17(18)23(24,25)26)19(29)9-16-14-7-13-8-15(16)12-22(10-13,11-14)20(27)30;1-21(2,24-32(30,31)17-5-3-4-16(8-17)25(28)29)19(26)9-18-14-6-13-7-15(18)12-22(10-13,11-14)20(23)27/h3-4,7,12-14,16,32H,5-6,8-11H2,1-2H3,(H2,31,34);3-6,13-16,28H,7-12H2,1-2H3,(H2,27,30);3-5,8,13-15,18,24H,6-7,9-12H2,1-2H3,(H2,23,27). The summed E-state index contributed by atoms with van der Waals surface area (Å²) in [6.07, 6.45) is -3.25. The minimum absolute atomic E-state index is 0.0211. The summed E-state index contributed by atoms with van der Waals surface area (Å²) >= 11 is 0. The lowest BCUT2D eigenvalue weighted by atomic mass is 9.45. The number of nitrogens with zero attached hydrogens (tertiary/aromatic N) is 1. The Morgan fingerprint density at radius 1 is 0.441 bits per heavy atom. The van der Waals surface area contributed by atoms with Crippen LogP contribution in [0.4, 0.5) is 45.2 Å². The third kappa shape index (κ3) is 15.6. The zero-order chi connectivity index (χ0) is 75.6. The number of nitro groups is 1. The fourth-order valence-electron chi connectivity index (χ4n) is 19.9. The number of nitrogens with one attached hydrogen (secondary N) is 3. The molecule has 562 valence electrons. The number of non-ortho nitro benzene ring substituents is 1. The number of rotatable bonds is 22. The van der Waals surface area contributed by atoms with Crippen LogP contribution in [0.15, 0.2) is 81.4 Å². The van der Waals surface area contributed by atoms with Crippen molar-refractivity contribution in [2.24, 2.45) is 104 Å². The number of carbonyl (C=O) groups excluding carboxylic acids is 6. The number of carbonyl (C=O) groups is 6. The van der Waals surface area contributed by atoms with Crippen LogP contribution in [0.3, 0.4) is 0 Å². The van der Waals surface area contributed by atoms with Crippen LogP contribution >= 0.6 is 0 Å². The van der Waals surface area contributed by atoms with Crippen molar-refractivity contribution in [3.8, 4) is 0 Å². The highest BCUT2D eigenvalue weighted by molar-refractivity contribution is 7.90. The predicted molar refractivity (Wildman–Crippen MR) is 349 cm³/mol. The highest BCUT2D eigenvalue weighted by Gasteiger charge is 2.62. The van der Waals surface area contributed by atoms with Gasteiger partial charge in [0.05, 0.1) is 52.9 Å². The molecule has 3 aromatic carbocycles. The molecule has 15 rings (SSSR count). The van der Waals surface area contributed by atoms with Crippen molar-refractivity contribution in [2.45, 2.75) is 207 Å². The van der Waals surface area contributed by atoms with E-state index in [1.54, 1.807) is 0 Å². The molecule has 0 spiro atoms. The number of halogens is 9. The second kappa shape index (κ2) is 26.9. The third-order valence-electron chi connectivity index (χ3n) is 24.2. The summed E-state index contributed by atoms with van der Waals surface area (Å²) in [6, 6.07) is 8.79. The summed E-state index contributed by atoms with van der Waals surface area (Å²) < 4.78 is 204. The molecule has 12 fully saturated rings. The van der Waals surface area contributed by atoms with E-state index < -0.39 is 119 Å².